The van der Waals surface area contributed by atoms with Crippen molar-refractivity contribution in [1.82, 2.24) is 0 Å². The Bertz CT molecular complexity index is 503. The lowest BCUT2D eigenvalue weighted by Crippen LogP contribution is -2.24. The number of ether oxygens (including phenoxy) is 3. The average Bonchev–Trinajstić information content (AvgIpc) is 2.84. The summed E-state index contributed by atoms with van der Waals surface area (Å²) in [7, 11) is 0. The number of carbonyl (C=O) groups excluding carboxylic acids is 1. The second-order valence-electron chi connectivity index (χ2n) is 4.89. The van der Waals surface area contributed by atoms with Gasteiger partial charge < -0.3 is 14.2 Å². The predicted molar refractivity (Wildman–Crippen MR) is 72.0 cm³/mol. The molecule has 0 aliphatic carbocycles. The van der Waals surface area contributed by atoms with Crippen molar-refractivity contribution >= 4 is 12.0 Å². The van der Waals surface area contributed by atoms with E-state index in [0.717, 1.165) is 17.1 Å². The number of fused-ring (bicyclic) bond motifs is 1. The molecular formula is C15H18O4. The van der Waals surface area contributed by atoms with Crippen molar-refractivity contribution in [3.8, 4) is 11.5 Å². The van der Waals surface area contributed by atoms with Crippen molar-refractivity contribution in [3.05, 3.63) is 29.8 Å². The minimum atomic E-state index is -0.646. The molecular weight excluding hydrogens is 244 g/mol. The number of esters is 1. The van der Waals surface area contributed by atoms with E-state index in [1.54, 1.807) is 6.92 Å². The first kappa shape index (κ1) is 13.5. The molecule has 2 rings (SSSR count). The number of rotatable bonds is 4. The van der Waals surface area contributed by atoms with Crippen LogP contribution < -0.4 is 9.47 Å². The summed E-state index contributed by atoms with van der Waals surface area (Å²) in [6.07, 6.45) is 3.72. The number of carbonyl (C=O) groups is 1. The third-order valence-electron chi connectivity index (χ3n) is 2.89. The van der Waals surface area contributed by atoms with Crippen LogP contribution in [0.15, 0.2) is 24.3 Å². The Kier molecular flexibility index (Phi) is 3.79. The molecule has 19 heavy (non-hydrogen) atoms. The van der Waals surface area contributed by atoms with Crippen LogP contribution in [0.1, 0.15) is 26.3 Å². The molecule has 0 amide bonds. The van der Waals surface area contributed by atoms with Crippen LogP contribution >= 0.6 is 0 Å². The highest BCUT2D eigenvalue weighted by atomic mass is 16.7. The van der Waals surface area contributed by atoms with Crippen LogP contribution in [0.4, 0.5) is 0 Å². The van der Waals surface area contributed by atoms with Crippen LogP contribution in [0.25, 0.3) is 6.08 Å². The van der Waals surface area contributed by atoms with E-state index in [1.165, 1.54) is 0 Å². The van der Waals surface area contributed by atoms with E-state index in [-0.39, 0.29) is 12.8 Å². The largest absolute Gasteiger partial charge is 0.465 e. The highest BCUT2D eigenvalue weighted by Gasteiger charge is 2.25. The maximum absolute atomic E-state index is 11.8. The van der Waals surface area contributed by atoms with Crippen LogP contribution in [0.5, 0.6) is 11.5 Å². The smallest absolute Gasteiger partial charge is 0.315 e. The molecule has 0 fully saturated rings. The van der Waals surface area contributed by atoms with Gasteiger partial charge in [0.1, 0.15) is 0 Å². The Morgan fingerprint density at radius 1 is 1.37 bits per heavy atom. The Morgan fingerprint density at radius 2 is 2.11 bits per heavy atom. The lowest BCUT2D eigenvalue weighted by Gasteiger charge is -2.17. The first-order chi connectivity index (χ1) is 9.03. The van der Waals surface area contributed by atoms with Gasteiger partial charge in [-0.1, -0.05) is 18.2 Å². The van der Waals surface area contributed by atoms with Gasteiger partial charge in [-0.3, -0.25) is 4.79 Å². The minimum Gasteiger partial charge on any atom is -0.465 e. The summed E-state index contributed by atoms with van der Waals surface area (Å²) < 4.78 is 15.6. The Labute approximate surface area is 113 Å². The summed E-state index contributed by atoms with van der Waals surface area (Å²) in [5.74, 6) is 1.25. The highest BCUT2D eigenvalue weighted by molar-refractivity contribution is 5.79. The van der Waals surface area contributed by atoms with E-state index in [1.807, 2.05) is 44.2 Å². The second-order valence-corrected chi connectivity index (χ2v) is 4.89. The summed E-state index contributed by atoms with van der Waals surface area (Å²) >= 11 is 0. The van der Waals surface area contributed by atoms with Gasteiger partial charge in [0.2, 0.25) is 6.79 Å². The van der Waals surface area contributed by atoms with E-state index in [4.69, 9.17) is 14.2 Å². The third kappa shape index (κ3) is 3.08. The Morgan fingerprint density at radius 3 is 2.84 bits per heavy atom. The molecule has 1 aromatic rings. The van der Waals surface area contributed by atoms with Crippen molar-refractivity contribution < 1.29 is 19.0 Å². The fraction of sp³-hybridized carbons (Fsp3) is 0.400. The van der Waals surface area contributed by atoms with E-state index in [2.05, 4.69) is 0 Å². The van der Waals surface area contributed by atoms with Crippen molar-refractivity contribution in [2.75, 3.05) is 13.4 Å². The zero-order valence-electron chi connectivity index (χ0n) is 11.4. The molecule has 0 unspecified atom stereocenters. The van der Waals surface area contributed by atoms with Gasteiger partial charge in [-0.2, -0.15) is 0 Å². The van der Waals surface area contributed by atoms with Gasteiger partial charge in [0, 0.05) is 0 Å². The minimum absolute atomic E-state index is 0.230. The zero-order valence-corrected chi connectivity index (χ0v) is 11.4. The summed E-state index contributed by atoms with van der Waals surface area (Å²) in [6, 6.07) is 5.67. The first-order valence-corrected chi connectivity index (χ1v) is 6.29. The molecule has 0 saturated heterocycles. The number of benzene rings is 1. The normalized spacial score (nSPS) is 13.8. The van der Waals surface area contributed by atoms with Crippen molar-refractivity contribution in [3.63, 3.8) is 0 Å². The molecule has 1 heterocycles. The fourth-order valence-corrected chi connectivity index (χ4v) is 1.71. The van der Waals surface area contributed by atoms with Crippen LogP contribution in [-0.4, -0.2) is 19.4 Å². The molecule has 1 aliphatic rings. The molecule has 1 aliphatic heterocycles. The zero-order chi connectivity index (χ0) is 13.9. The number of hydrogen-bond acceptors (Lipinski definition) is 4. The maximum atomic E-state index is 11.8. The van der Waals surface area contributed by atoms with E-state index in [9.17, 15) is 4.79 Å². The lowest BCUT2D eigenvalue weighted by molar-refractivity contribution is -0.150. The molecule has 0 atom stereocenters. The predicted octanol–water partition coefficient (Wildman–Crippen LogP) is 3.02. The van der Waals surface area contributed by atoms with Gasteiger partial charge in [0.25, 0.3) is 0 Å². The topological polar surface area (TPSA) is 44.8 Å². The van der Waals surface area contributed by atoms with Crippen molar-refractivity contribution in [2.24, 2.45) is 5.41 Å². The maximum Gasteiger partial charge on any atom is 0.315 e. The van der Waals surface area contributed by atoms with Crippen molar-refractivity contribution in [1.29, 1.82) is 0 Å². The molecule has 1 aromatic carbocycles. The quantitative estimate of drug-likeness (QED) is 0.782. The van der Waals surface area contributed by atoms with Crippen LogP contribution in [0.3, 0.4) is 0 Å². The second kappa shape index (κ2) is 5.34. The molecule has 0 radical (unpaired) electrons. The molecule has 102 valence electrons. The number of hydrogen-bond donors (Lipinski definition) is 0. The molecule has 0 spiro atoms. The van der Waals surface area contributed by atoms with Crippen LogP contribution in [-0.2, 0) is 9.53 Å². The summed E-state index contributed by atoms with van der Waals surface area (Å²) in [4.78, 5) is 11.8. The Hall–Kier alpha value is -1.97. The summed E-state index contributed by atoms with van der Waals surface area (Å²) in [5.41, 5.74) is 0.313. The van der Waals surface area contributed by atoms with Gasteiger partial charge in [-0.15, -0.1) is 0 Å². The van der Waals surface area contributed by atoms with Crippen LogP contribution in [0.2, 0.25) is 0 Å². The molecule has 0 N–H and O–H groups in total. The molecule has 4 heteroatoms. The van der Waals surface area contributed by atoms with Gasteiger partial charge in [-0.05, 0) is 38.5 Å². The van der Waals surface area contributed by atoms with Gasteiger partial charge in [0.05, 0.1) is 12.0 Å². The van der Waals surface area contributed by atoms with Gasteiger partial charge in [-0.25, -0.2) is 0 Å². The lowest BCUT2D eigenvalue weighted by atomic mass is 9.92. The Balaban J connectivity index is 2.12. The standard InChI is InChI=1S/C15H18O4/c1-4-17-14(16)15(2,3)8-7-11-5-6-12-13(9-11)19-10-18-12/h5-9H,4,10H2,1-3H3/b8-7+. The first-order valence-electron chi connectivity index (χ1n) is 6.29. The van der Waals surface area contributed by atoms with E-state index >= 15 is 0 Å². The SMILES string of the molecule is CCOC(=O)C(C)(C)/C=C/c1ccc2c(c1)OCO2. The van der Waals surface area contributed by atoms with Crippen molar-refractivity contribution in [2.45, 2.75) is 20.8 Å². The van der Waals surface area contributed by atoms with E-state index < -0.39 is 5.41 Å². The fourth-order valence-electron chi connectivity index (χ4n) is 1.71. The summed E-state index contributed by atoms with van der Waals surface area (Å²) in [6.45, 7) is 6.11. The van der Waals surface area contributed by atoms with Gasteiger partial charge >= 0.3 is 5.97 Å². The van der Waals surface area contributed by atoms with Crippen LogP contribution in [0, 0.1) is 5.41 Å². The molecule has 4 nitrogen and oxygen atoms in total. The van der Waals surface area contributed by atoms with E-state index in [0.29, 0.717) is 6.61 Å². The molecule has 0 saturated carbocycles. The third-order valence-corrected chi connectivity index (χ3v) is 2.89. The molecule has 0 aromatic heterocycles. The summed E-state index contributed by atoms with van der Waals surface area (Å²) in [5, 5.41) is 0. The average molecular weight is 262 g/mol. The van der Waals surface area contributed by atoms with Gasteiger partial charge in [0.15, 0.2) is 11.5 Å². The molecule has 0 bridgehead atoms. The monoisotopic (exact) mass is 262 g/mol. The highest BCUT2D eigenvalue weighted by Crippen LogP contribution is 2.33.